The number of nitrogens with one attached hydrogen (secondary N) is 1. The van der Waals surface area contributed by atoms with E-state index in [4.69, 9.17) is 4.74 Å². The van der Waals surface area contributed by atoms with Gasteiger partial charge >= 0.3 is 0 Å². The van der Waals surface area contributed by atoms with Crippen LogP contribution in [0.25, 0.3) is 0 Å². The molecular formula is C14H19NO. The summed E-state index contributed by atoms with van der Waals surface area (Å²) in [6, 6.07) is 5.15. The van der Waals surface area contributed by atoms with E-state index in [0.717, 1.165) is 18.8 Å². The Labute approximate surface area is 97.0 Å². The maximum Gasteiger partial charge on any atom is 0.124 e. The molecule has 2 aliphatic rings. The lowest BCUT2D eigenvalue weighted by atomic mass is 9.87. The molecule has 1 aromatic carbocycles. The summed E-state index contributed by atoms with van der Waals surface area (Å²) in [6.07, 6.45) is 6.25. The van der Waals surface area contributed by atoms with E-state index in [1.54, 1.807) is 5.56 Å². The second kappa shape index (κ2) is 4.10. The zero-order valence-electron chi connectivity index (χ0n) is 9.88. The van der Waals surface area contributed by atoms with E-state index in [0.29, 0.717) is 6.04 Å². The monoisotopic (exact) mass is 217 g/mol. The Morgan fingerprint density at radius 1 is 1.19 bits per heavy atom. The number of benzene rings is 1. The first-order chi connectivity index (χ1) is 7.88. The van der Waals surface area contributed by atoms with Crippen LogP contribution >= 0.6 is 0 Å². The third-order valence-electron chi connectivity index (χ3n) is 3.86. The van der Waals surface area contributed by atoms with Crippen molar-refractivity contribution in [3.63, 3.8) is 0 Å². The van der Waals surface area contributed by atoms with Gasteiger partial charge in [0.1, 0.15) is 5.75 Å². The second-order valence-corrected chi connectivity index (χ2v) is 4.84. The van der Waals surface area contributed by atoms with Gasteiger partial charge < -0.3 is 10.1 Å². The van der Waals surface area contributed by atoms with Gasteiger partial charge in [0.25, 0.3) is 0 Å². The molecule has 1 N–H and O–H groups in total. The standard InChI is InChI=1S/C14H19NO/c1-15-13-6-7-16-14-9-11-5-3-2-4-10(11)8-12(13)14/h8-9,13,15H,2-7H2,1H3. The Morgan fingerprint density at radius 3 is 2.69 bits per heavy atom. The van der Waals surface area contributed by atoms with Crippen LogP contribution in [0.4, 0.5) is 0 Å². The molecular weight excluding hydrogens is 198 g/mol. The van der Waals surface area contributed by atoms with Crippen molar-refractivity contribution in [3.05, 3.63) is 28.8 Å². The highest BCUT2D eigenvalue weighted by Gasteiger charge is 2.22. The van der Waals surface area contributed by atoms with Gasteiger partial charge in [-0.15, -0.1) is 0 Å². The minimum Gasteiger partial charge on any atom is -0.493 e. The van der Waals surface area contributed by atoms with Crippen LogP contribution in [0.15, 0.2) is 12.1 Å². The number of hydrogen-bond donors (Lipinski definition) is 1. The average molecular weight is 217 g/mol. The van der Waals surface area contributed by atoms with Gasteiger partial charge in [-0.25, -0.2) is 0 Å². The Morgan fingerprint density at radius 2 is 1.94 bits per heavy atom. The molecule has 1 heterocycles. The fraction of sp³-hybridized carbons (Fsp3) is 0.571. The highest BCUT2D eigenvalue weighted by Crippen LogP contribution is 2.36. The van der Waals surface area contributed by atoms with Gasteiger partial charge in [-0.05, 0) is 49.9 Å². The SMILES string of the molecule is CNC1CCOc2cc3c(cc21)CCCC3. The molecule has 1 unspecified atom stereocenters. The lowest BCUT2D eigenvalue weighted by molar-refractivity contribution is 0.257. The average Bonchev–Trinajstić information content (AvgIpc) is 2.35. The van der Waals surface area contributed by atoms with Crippen LogP contribution in [0.2, 0.25) is 0 Å². The van der Waals surface area contributed by atoms with Gasteiger partial charge in [-0.3, -0.25) is 0 Å². The van der Waals surface area contributed by atoms with Gasteiger partial charge in [0, 0.05) is 18.0 Å². The van der Waals surface area contributed by atoms with E-state index in [9.17, 15) is 0 Å². The number of aryl methyl sites for hydroxylation is 2. The van der Waals surface area contributed by atoms with Crippen molar-refractivity contribution in [1.29, 1.82) is 0 Å². The molecule has 2 heteroatoms. The summed E-state index contributed by atoms with van der Waals surface area (Å²) in [6.45, 7) is 0.845. The minimum absolute atomic E-state index is 0.482. The molecule has 0 aromatic heterocycles. The fourth-order valence-corrected chi connectivity index (χ4v) is 2.92. The molecule has 0 amide bonds. The molecule has 86 valence electrons. The van der Waals surface area contributed by atoms with Crippen molar-refractivity contribution in [2.75, 3.05) is 13.7 Å². The summed E-state index contributed by atoms with van der Waals surface area (Å²) in [5.41, 5.74) is 4.44. The lowest BCUT2D eigenvalue weighted by Gasteiger charge is -2.28. The molecule has 0 radical (unpaired) electrons. The molecule has 0 fully saturated rings. The highest BCUT2D eigenvalue weighted by atomic mass is 16.5. The smallest absolute Gasteiger partial charge is 0.124 e. The van der Waals surface area contributed by atoms with Crippen LogP contribution < -0.4 is 10.1 Å². The van der Waals surface area contributed by atoms with Gasteiger partial charge in [0.15, 0.2) is 0 Å². The first-order valence-corrected chi connectivity index (χ1v) is 6.34. The summed E-state index contributed by atoms with van der Waals surface area (Å²) in [4.78, 5) is 0. The summed E-state index contributed by atoms with van der Waals surface area (Å²) >= 11 is 0. The van der Waals surface area contributed by atoms with E-state index in [-0.39, 0.29) is 0 Å². The first kappa shape index (κ1) is 10.2. The molecule has 2 nitrogen and oxygen atoms in total. The molecule has 1 aliphatic heterocycles. The second-order valence-electron chi connectivity index (χ2n) is 4.84. The number of hydrogen-bond acceptors (Lipinski definition) is 2. The first-order valence-electron chi connectivity index (χ1n) is 6.34. The summed E-state index contributed by atoms with van der Waals surface area (Å²) in [5, 5.41) is 3.39. The van der Waals surface area contributed by atoms with Crippen molar-refractivity contribution in [2.24, 2.45) is 0 Å². The van der Waals surface area contributed by atoms with Crippen LogP contribution in [-0.4, -0.2) is 13.7 Å². The van der Waals surface area contributed by atoms with Crippen LogP contribution in [-0.2, 0) is 12.8 Å². The van der Waals surface area contributed by atoms with Crippen molar-refractivity contribution in [2.45, 2.75) is 38.1 Å². The quantitative estimate of drug-likeness (QED) is 0.780. The molecule has 3 rings (SSSR count). The summed E-state index contributed by atoms with van der Waals surface area (Å²) < 4.78 is 5.78. The van der Waals surface area contributed by atoms with Crippen LogP contribution in [0.3, 0.4) is 0 Å². The number of ether oxygens (including phenoxy) is 1. The highest BCUT2D eigenvalue weighted by molar-refractivity contribution is 5.46. The van der Waals surface area contributed by atoms with E-state index < -0.39 is 0 Å². The van der Waals surface area contributed by atoms with Crippen molar-refractivity contribution >= 4 is 0 Å². The molecule has 16 heavy (non-hydrogen) atoms. The molecule has 1 aliphatic carbocycles. The number of rotatable bonds is 1. The van der Waals surface area contributed by atoms with Crippen molar-refractivity contribution in [3.8, 4) is 5.75 Å². The van der Waals surface area contributed by atoms with Crippen LogP contribution in [0.1, 0.15) is 42.0 Å². The zero-order valence-corrected chi connectivity index (χ0v) is 9.88. The molecule has 1 atom stereocenters. The third kappa shape index (κ3) is 1.61. The normalized spacial score (nSPS) is 23.2. The van der Waals surface area contributed by atoms with Crippen molar-refractivity contribution < 1.29 is 4.74 Å². The van der Waals surface area contributed by atoms with E-state index >= 15 is 0 Å². The molecule has 1 aromatic rings. The van der Waals surface area contributed by atoms with E-state index in [2.05, 4.69) is 17.4 Å². The molecule has 0 saturated heterocycles. The molecule has 0 spiro atoms. The van der Waals surface area contributed by atoms with Crippen LogP contribution in [0, 0.1) is 0 Å². The van der Waals surface area contributed by atoms with E-state index in [1.165, 1.54) is 36.8 Å². The third-order valence-corrected chi connectivity index (χ3v) is 3.86. The Bertz CT molecular complexity index is 400. The summed E-state index contributed by atoms with van der Waals surface area (Å²) in [7, 11) is 2.04. The van der Waals surface area contributed by atoms with Gasteiger partial charge in [-0.2, -0.15) is 0 Å². The maximum absolute atomic E-state index is 5.78. The van der Waals surface area contributed by atoms with Crippen molar-refractivity contribution in [1.82, 2.24) is 5.32 Å². The van der Waals surface area contributed by atoms with Gasteiger partial charge in [-0.1, -0.05) is 6.07 Å². The fourth-order valence-electron chi connectivity index (χ4n) is 2.92. The Balaban J connectivity index is 2.05. The van der Waals surface area contributed by atoms with E-state index in [1.807, 2.05) is 7.05 Å². The Hall–Kier alpha value is -1.02. The molecule has 0 saturated carbocycles. The predicted molar refractivity (Wildman–Crippen MR) is 65.0 cm³/mol. The zero-order chi connectivity index (χ0) is 11.0. The molecule has 0 bridgehead atoms. The lowest BCUT2D eigenvalue weighted by Crippen LogP contribution is -2.24. The largest absolute Gasteiger partial charge is 0.493 e. The summed E-state index contributed by atoms with van der Waals surface area (Å²) in [5.74, 6) is 1.12. The predicted octanol–water partition coefficient (Wildman–Crippen LogP) is 2.61. The topological polar surface area (TPSA) is 21.3 Å². The van der Waals surface area contributed by atoms with Gasteiger partial charge in [0.2, 0.25) is 0 Å². The number of fused-ring (bicyclic) bond motifs is 2. The van der Waals surface area contributed by atoms with Gasteiger partial charge in [0.05, 0.1) is 6.61 Å². The van der Waals surface area contributed by atoms with Crippen LogP contribution in [0.5, 0.6) is 5.75 Å². The Kier molecular flexibility index (Phi) is 2.60. The maximum atomic E-state index is 5.78. The minimum atomic E-state index is 0.482.